The molecule has 17 nitrogen and oxygen atoms in total. The average molecular weight is 913 g/mol. The summed E-state index contributed by atoms with van der Waals surface area (Å²) < 4.78 is 36.0. The third-order valence-electron chi connectivity index (χ3n) is 19.1. The number of aliphatic carboxylic acids is 1. The first-order valence-corrected chi connectivity index (χ1v) is 23.7. The Morgan fingerprint density at radius 3 is 2.05 bits per heavy atom. The minimum absolute atomic E-state index is 0.00483. The third kappa shape index (κ3) is 7.49. The van der Waals surface area contributed by atoms with E-state index >= 15 is 0 Å². The van der Waals surface area contributed by atoms with E-state index in [1.54, 1.807) is 0 Å². The fraction of sp³-hybridized carbons (Fsp3) is 0.936. The Kier molecular flexibility index (Phi) is 13.2. The van der Waals surface area contributed by atoms with Crippen LogP contribution in [0, 0.1) is 50.2 Å². The number of rotatable bonds is 9. The van der Waals surface area contributed by atoms with E-state index < -0.39 is 116 Å². The lowest BCUT2D eigenvalue weighted by atomic mass is 9.33. The number of hydrogen-bond acceptors (Lipinski definition) is 16. The summed E-state index contributed by atoms with van der Waals surface area (Å²) in [6.45, 7) is 14.0. The Morgan fingerprint density at radius 2 is 1.38 bits per heavy atom. The molecule has 23 unspecified atom stereocenters. The highest BCUT2D eigenvalue weighted by atomic mass is 16.8. The van der Waals surface area contributed by atoms with Gasteiger partial charge in [0.25, 0.3) is 0 Å². The summed E-state index contributed by atoms with van der Waals surface area (Å²) in [7, 11) is 0. The van der Waals surface area contributed by atoms with Crippen LogP contribution in [0.25, 0.3) is 0 Å². The number of ether oxygens (including phenoxy) is 6. The molecule has 366 valence electrons. The van der Waals surface area contributed by atoms with Gasteiger partial charge >= 0.3 is 5.97 Å². The highest BCUT2D eigenvalue weighted by Crippen LogP contribution is 2.76. The van der Waals surface area contributed by atoms with Crippen LogP contribution in [0.15, 0.2) is 11.6 Å². The zero-order chi connectivity index (χ0) is 46.7. The van der Waals surface area contributed by atoms with Gasteiger partial charge in [0.1, 0.15) is 61.0 Å². The van der Waals surface area contributed by atoms with Crippen LogP contribution in [-0.2, 0) is 33.2 Å². The molecule has 0 aromatic heterocycles. The van der Waals surface area contributed by atoms with Gasteiger partial charge in [0.2, 0.25) is 0 Å². The fourth-order valence-corrected chi connectivity index (χ4v) is 14.8. The summed E-state index contributed by atoms with van der Waals surface area (Å²) in [5, 5.41) is 108. The molecule has 7 fully saturated rings. The number of carboxylic acids is 1. The maximum Gasteiger partial charge on any atom is 0.310 e. The predicted octanol–water partition coefficient (Wildman–Crippen LogP) is 1.35. The minimum atomic E-state index is -1.87. The van der Waals surface area contributed by atoms with E-state index in [0.29, 0.717) is 19.3 Å². The standard InChI is InChI=1S/C47H76O17/c1-22-30(51)32(53)34(55)38(60-22)63-36-26(19-48)61-39(35(56)33(36)54)64-37-31(52)25(50)20-59-40(37)62-29-11-12-43(4)27(44(29,5)21-49)10-13-46(7)28(43)9-8-23-24-18-42(2,3)14-16-47(24,41(57)58)17-15-45(23,46)6/h8,22,24-40,48-56H,9-21H2,1-7H3,(H,57,58). The minimum Gasteiger partial charge on any atom is -0.481 e. The molecule has 8 aliphatic rings. The maximum atomic E-state index is 13.1. The normalized spacial score (nSPS) is 55.0. The van der Waals surface area contributed by atoms with Crippen molar-refractivity contribution in [1.29, 1.82) is 0 Å². The number of carboxylic acid groups (broad SMARTS) is 1. The van der Waals surface area contributed by atoms with E-state index in [-0.39, 0.29) is 52.6 Å². The van der Waals surface area contributed by atoms with Crippen molar-refractivity contribution < 1.29 is 84.3 Å². The zero-order valence-corrected chi connectivity index (χ0v) is 38.5. The molecule has 5 aliphatic carbocycles. The topological polar surface area (TPSA) is 275 Å². The van der Waals surface area contributed by atoms with E-state index in [1.807, 2.05) is 6.92 Å². The van der Waals surface area contributed by atoms with Crippen molar-refractivity contribution in [1.82, 2.24) is 0 Å². The molecule has 0 radical (unpaired) electrons. The van der Waals surface area contributed by atoms with Crippen molar-refractivity contribution in [2.75, 3.05) is 19.8 Å². The van der Waals surface area contributed by atoms with Crippen molar-refractivity contribution in [2.24, 2.45) is 50.2 Å². The molecular formula is C47H76O17. The van der Waals surface area contributed by atoms with Crippen molar-refractivity contribution >= 4 is 5.97 Å². The molecule has 23 atom stereocenters. The molecule has 3 aliphatic heterocycles. The summed E-state index contributed by atoms with van der Waals surface area (Å²) in [5.74, 6) is -0.403. The van der Waals surface area contributed by atoms with E-state index in [0.717, 1.165) is 44.9 Å². The van der Waals surface area contributed by atoms with E-state index in [1.165, 1.54) is 12.5 Å². The first kappa shape index (κ1) is 49.0. The first-order chi connectivity index (χ1) is 29.9. The molecule has 10 N–H and O–H groups in total. The second-order valence-electron chi connectivity index (χ2n) is 22.9. The molecule has 4 saturated carbocycles. The Balaban J connectivity index is 1.00. The van der Waals surface area contributed by atoms with E-state index in [9.17, 15) is 55.9 Å². The maximum absolute atomic E-state index is 13.1. The zero-order valence-electron chi connectivity index (χ0n) is 38.5. The van der Waals surface area contributed by atoms with Crippen molar-refractivity contribution in [3.63, 3.8) is 0 Å². The van der Waals surface area contributed by atoms with Gasteiger partial charge in [-0.05, 0) is 111 Å². The Hall–Kier alpha value is -1.39. The molecule has 0 amide bonds. The summed E-state index contributed by atoms with van der Waals surface area (Å²) in [6.07, 6.45) is -11.9. The lowest BCUT2D eigenvalue weighted by Gasteiger charge is -2.71. The van der Waals surface area contributed by atoms with Crippen LogP contribution in [0.2, 0.25) is 0 Å². The van der Waals surface area contributed by atoms with Gasteiger partial charge in [-0.2, -0.15) is 0 Å². The second-order valence-corrected chi connectivity index (χ2v) is 22.9. The van der Waals surface area contributed by atoms with Gasteiger partial charge in [0, 0.05) is 5.41 Å². The second kappa shape index (κ2) is 17.2. The van der Waals surface area contributed by atoms with Crippen molar-refractivity contribution in [3.05, 3.63) is 11.6 Å². The van der Waals surface area contributed by atoms with Crippen LogP contribution < -0.4 is 0 Å². The van der Waals surface area contributed by atoms with Crippen LogP contribution in [-0.4, -0.2) is 169 Å². The molecule has 8 rings (SSSR count). The molecule has 0 spiro atoms. The van der Waals surface area contributed by atoms with Crippen LogP contribution in [0.4, 0.5) is 0 Å². The molecule has 0 aromatic carbocycles. The number of carbonyl (C=O) groups is 1. The summed E-state index contributed by atoms with van der Waals surface area (Å²) in [4.78, 5) is 13.1. The van der Waals surface area contributed by atoms with Crippen LogP contribution in [0.3, 0.4) is 0 Å². The van der Waals surface area contributed by atoms with Gasteiger partial charge in [-0.3, -0.25) is 4.79 Å². The monoisotopic (exact) mass is 913 g/mol. The SMILES string of the molecule is CC1OC(OC2C(CO)OC(OC3C(OC4CCC5(C)C(CCC6(C)C5CC=C5C7CC(C)(C)CCC7(C(=O)O)CCC56C)C4(C)CO)OCC(O)C3O)C(O)C2O)C(O)C(O)C1O. The Morgan fingerprint density at radius 1 is 0.719 bits per heavy atom. The fourth-order valence-electron chi connectivity index (χ4n) is 14.8. The lowest BCUT2D eigenvalue weighted by molar-refractivity contribution is -0.383. The van der Waals surface area contributed by atoms with Gasteiger partial charge in [0.15, 0.2) is 18.9 Å². The van der Waals surface area contributed by atoms with Gasteiger partial charge in [0.05, 0.1) is 37.4 Å². The molecule has 0 aromatic rings. The van der Waals surface area contributed by atoms with Crippen LogP contribution in [0.5, 0.6) is 0 Å². The molecule has 3 saturated heterocycles. The van der Waals surface area contributed by atoms with Crippen LogP contribution >= 0.6 is 0 Å². The van der Waals surface area contributed by atoms with Gasteiger partial charge in [-0.25, -0.2) is 0 Å². The van der Waals surface area contributed by atoms with Crippen molar-refractivity contribution in [3.8, 4) is 0 Å². The smallest absolute Gasteiger partial charge is 0.310 e. The molecular weight excluding hydrogens is 837 g/mol. The Bertz CT molecular complexity index is 1750. The van der Waals surface area contributed by atoms with E-state index in [2.05, 4.69) is 40.7 Å². The average Bonchev–Trinajstić information content (AvgIpc) is 3.24. The number of aliphatic hydroxyl groups excluding tert-OH is 9. The first-order valence-electron chi connectivity index (χ1n) is 23.7. The molecule has 0 bridgehead atoms. The Labute approximate surface area is 376 Å². The summed E-state index contributed by atoms with van der Waals surface area (Å²) >= 11 is 0. The van der Waals surface area contributed by atoms with E-state index in [4.69, 9.17) is 28.4 Å². The van der Waals surface area contributed by atoms with Crippen molar-refractivity contribution in [2.45, 2.75) is 205 Å². The molecule has 64 heavy (non-hydrogen) atoms. The third-order valence-corrected chi connectivity index (χ3v) is 19.1. The number of fused-ring (bicyclic) bond motifs is 7. The van der Waals surface area contributed by atoms with Gasteiger partial charge in [-0.1, -0.05) is 53.2 Å². The lowest BCUT2D eigenvalue weighted by Crippen LogP contribution is -2.67. The van der Waals surface area contributed by atoms with Gasteiger partial charge < -0.3 is 79.5 Å². The largest absolute Gasteiger partial charge is 0.481 e. The highest BCUT2D eigenvalue weighted by Gasteiger charge is 2.70. The predicted molar refractivity (Wildman–Crippen MR) is 225 cm³/mol. The molecule has 3 heterocycles. The van der Waals surface area contributed by atoms with Gasteiger partial charge in [-0.15, -0.1) is 0 Å². The van der Waals surface area contributed by atoms with Crippen LogP contribution in [0.1, 0.15) is 113 Å². The number of hydrogen-bond donors (Lipinski definition) is 10. The molecule has 17 heteroatoms. The number of aliphatic hydroxyl groups is 9. The number of allylic oxidation sites excluding steroid dienone is 2. The quantitative estimate of drug-likeness (QED) is 0.116. The summed E-state index contributed by atoms with van der Waals surface area (Å²) in [5.41, 5.74) is -0.630. The summed E-state index contributed by atoms with van der Waals surface area (Å²) in [6, 6.07) is 0. The highest BCUT2D eigenvalue weighted by molar-refractivity contribution is 5.76.